The lowest BCUT2D eigenvalue weighted by molar-refractivity contribution is -0.114. The standard InChI is InChI=1S/C11H13NO3/c1-3-8-4-10(12-7(2)14)5-9(6-13)11(8)15/h4-6,15H,3H2,1-2H3,(H,12,14). The average molecular weight is 207 g/mol. The van der Waals surface area contributed by atoms with Gasteiger partial charge in [0, 0.05) is 12.6 Å². The average Bonchev–Trinajstić information content (AvgIpc) is 2.19. The van der Waals surface area contributed by atoms with Crippen molar-refractivity contribution >= 4 is 17.9 Å². The van der Waals surface area contributed by atoms with Gasteiger partial charge >= 0.3 is 0 Å². The number of hydrogen-bond acceptors (Lipinski definition) is 3. The monoisotopic (exact) mass is 207 g/mol. The lowest BCUT2D eigenvalue weighted by Crippen LogP contribution is -2.06. The van der Waals surface area contributed by atoms with Crippen LogP contribution in [0.3, 0.4) is 0 Å². The van der Waals surface area contributed by atoms with E-state index in [1.165, 1.54) is 13.0 Å². The maximum atomic E-state index is 10.8. The summed E-state index contributed by atoms with van der Waals surface area (Å²) in [5.74, 6) is -0.221. The van der Waals surface area contributed by atoms with Gasteiger partial charge in [0.05, 0.1) is 5.56 Å². The van der Waals surface area contributed by atoms with Gasteiger partial charge in [0.25, 0.3) is 0 Å². The zero-order valence-electron chi connectivity index (χ0n) is 8.70. The van der Waals surface area contributed by atoms with Crippen molar-refractivity contribution in [3.05, 3.63) is 23.3 Å². The molecule has 0 unspecified atom stereocenters. The van der Waals surface area contributed by atoms with Gasteiger partial charge in [-0.2, -0.15) is 0 Å². The number of anilines is 1. The van der Waals surface area contributed by atoms with Crippen LogP contribution >= 0.6 is 0 Å². The van der Waals surface area contributed by atoms with Crippen molar-refractivity contribution in [2.24, 2.45) is 0 Å². The van der Waals surface area contributed by atoms with Gasteiger partial charge in [-0.05, 0) is 24.1 Å². The van der Waals surface area contributed by atoms with Crippen molar-refractivity contribution in [1.82, 2.24) is 0 Å². The Kier molecular flexibility index (Phi) is 3.44. The van der Waals surface area contributed by atoms with E-state index in [9.17, 15) is 14.7 Å². The second-order valence-electron chi connectivity index (χ2n) is 3.23. The number of hydrogen-bond donors (Lipinski definition) is 2. The molecule has 0 aliphatic rings. The Hall–Kier alpha value is -1.84. The van der Waals surface area contributed by atoms with Gasteiger partial charge in [0.1, 0.15) is 5.75 Å². The zero-order valence-corrected chi connectivity index (χ0v) is 8.70. The highest BCUT2D eigenvalue weighted by atomic mass is 16.3. The van der Waals surface area contributed by atoms with Gasteiger partial charge in [0.2, 0.25) is 5.91 Å². The molecule has 1 aromatic rings. The molecule has 1 amide bonds. The summed E-state index contributed by atoms with van der Waals surface area (Å²) < 4.78 is 0. The fourth-order valence-corrected chi connectivity index (χ4v) is 1.35. The molecule has 0 heterocycles. The van der Waals surface area contributed by atoms with Crippen LogP contribution in [0.4, 0.5) is 5.69 Å². The number of carbonyl (C=O) groups is 2. The van der Waals surface area contributed by atoms with Gasteiger partial charge in [-0.1, -0.05) is 6.92 Å². The van der Waals surface area contributed by atoms with Crippen LogP contribution in [0.1, 0.15) is 29.8 Å². The summed E-state index contributed by atoms with van der Waals surface area (Å²) in [6, 6.07) is 3.10. The molecular formula is C11H13NO3. The number of phenolic OH excluding ortho intramolecular Hbond substituents is 1. The molecule has 0 aliphatic heterocycles. The molecule has 2 N–H and O–H groups in total. The van der Waals surface area contributed by atoms with E-state index in [1.807, 2.05) is 6.92 Å². The highest BCUT2D eigenvalue weighted by molar-refractivity contribution is 5.91. The Labute approximate surface area is 87.9 Å². The van der Waals surface area contributed by atoms with Crippen molar-refractivity contribution in [2.45, 2.75) is 20.3 Å². The largest absolute Gasteiger partial charge is 0.507 e. The van der Waals surface area contributed by atoms with Crippen molar-refractivity contribution in [3.8, 4) is 5.75 Å². The smallest absolute Gasteiger partial charge is 0.221 e. The molecule has 0 radical (unpaired) electrons. The third kappa shape index (κ3) is 2.56. The van der Waals surface area contributed by atoms with Gasteiger partial charge in [0.15, 0.2) is 6.29 Å². The summed E-state index contributed by atoms with van der Waals surface area (Å²) >= 11 is 0. The van der Waals surface area contributed by atoms with Gasteiger partial charge < -0.3 is 10.4 Å². The Balaban J connectivity index is 3.20. The maximum Gasteiger partial charge on any atom is 0.221 e. The molecule has 0 saturated heterocycles. The second kappa shape index (κ2) is 4.59. The number of aromatic hydroxyl groups is 1. The third-order valence-corrected chi connectivity index (χ3v) is 2.05. The number of phenols is 1. The van der Waals surface area contributed by atoms with E-state index in [-0.39, 0.29) is 17.2 Å². The van der Waals surface area contributed by atoms with Crippen LogP contribution in [-0.4, -0.2) is 17.3 Å². The fraction of sp³-hybridized carbons (Fsp3) is 0.273. The van der Waals surface area contributed by atoms with E-state index in [0.29, 0.717) is 24.0 Å². The molecule has 0 atom stereocenters. The van der Waals surface area contributed by atoms with Crippen molar-refractivity contribution in [2.75, 3.05) is 5.32 Å². The summed E-state index contributed by atoms with van der Waals surface area (Å²) in [6.45, 7) is 3.25. The zero-order chi connectivity index (χ0) is 11.4. The van der Waals surface area contributed by atoms with E-state index >= 15 is 0 Å². The predicted molar refractivity (Wildman–Crippen MR) is 57.2 cm³/mol. The molecule has 1 aromatic carbocycles. The fourth-order valence-electron chi connectivity index (χ4n) is 1.35. The minimum Gasteiger partial charge on any atom is -0.507 e. The lowest BCUT2D eigenvalue weighted by atomic mass is 10.1. The van der Waals surface area contributed by atoms with Crippen LogP contribution in [0.15, 0.2) is 12.1 Å². The first-order valence-corrected chi connectivity index (χ1v) is 4.67. The van der Waals surface area contributed by atoms with Crippen LogP contribution < -0.4 is 5.32 Å². The number of aldehydes is 1. The minimum absolute atomic E-state index is 0.0124. The molecular weight excluding hydrogens is 194 g/mol. The van der Waals surface area contributed by atoms with Crippen molar-refractivity contribution < 1.29 is 14.7 Å². The summed E-state index contributed by atoms with van der Waals surface area (Å²) in [5.41, 5.74) is 1.36. The molecule has 4 heteroatoms. The van der Waals surface area contributed by atoms with Crippen LogP contribution in [0.5, 0.6) is 5.75 Å². The summed E-state index contributed by atoms with van der Waals surface area (Å²) in [5, 5.41) is 12.2. The van der Waals surface area contributed by atoms with Crippen LogP contribution in [0.2, 0.25) is 0 Å². The van der Waals surface area contributed by atoms with Crippen LogP contribution in [-0.2, 0) is 11.2 Å². The highest BCUT2D eigenvalue weighted by Crippen LogP contribution is 2.26. The normalized spacial score (nSPS) is 9.73. The van der Waals surface area contributed by atoms with E-state index in [0.717, 1.165) is 0 Å². The molecule has 0 bridgehead atoms. The molecule has 0 fully saturated rings. The van der Waals surface area contributed by atoms with Gasteiger partial charge in [-0.15, -0.1) is 0 Å². The quantitative estimate of drug-likeness (QED) is 0.586. The van der Waals surface area contributed by atoms with Crippen molar-refractivity contribution in [1.29, 1.82) is 0 Å². The molecule has 0 saturated carbocycles. The molecule has 80 valence electrons. The highest BCUT2D eigenvalue weighted by Gasteiger charge is 2.08. The first kappa shape index (κ1) is 11.2. The summed E-state index contributed by atoms with van der Waals surface area (Å²) in [7, 11) is 0. The molecule has 4 nitrogen and oxygen atoms in total. The van der Waals surface area contributed by atoms with E-state index < -0.39 is 0 Å². The minimum atomic E-state index is -0.209. The Bertz CT molecular complexity index is 399. The third-order valence-electron chi connectivity index (χ3n) is 2.05. The molecule has 0 aliphatic carbocycles. The topological polar surface area (TPSA) is 66.4 Å². The number of aryl methyl sites for hydroxylation is 1. The Morgan fingerprint density at radius 2 is 2.20 bits per heavy atom. The van der Waals surface area contributed by atoms with E-state index in [4.69, 9.17) is 0 Å². The Morgan fingerprint density at radius 1 is 1.53 bits per heavy atom. The number of rotatable bonds is 3. The number of amides is 1. The molecule has 15 heavy (non-hydrogen) atoms. The summed E-state index contributed by atoms with van der Waals surface area (Å²) in [4.78, 5) is 21.5. The Morgan fingerprint density at radius 3 is 2.67 bits per heavy atom. The number of carbonyl (C=O) groups excluding carboxylic acids is 2. The molecule has 0 aromatic heterocycles. The van der Waals surface area contributed by atoms with E-state index in [2.05, 4.69) is 5.32 Å². The second-order valence-corrected chi connectivity index (χ2v) is 3.23. The number of benzene rings is 1. The summed E-state index contributed by atoms with van der Waals surface area (Å²) in [6.07, 6.45) is 1.17. The first-order chi connectivity index (χ1) is 7.08. The maximum absolute atomic E-state index is 10.8. The molecule has 0 spiro atoms. The molecule has 1 rings (SSSR count). The first-order valence-electron chi connectivity index (χ1n) is 4.67. The van der Waals surface area contributed by atoms with Crippen LogP contribution in [0, 0.1) is 0 Å². The predicted octanol–water partition coefficient (Wildman–Crippen LogP) is 1.73. The van der Waals surface area contributed by atoms with E-state index in [1.54, 1.807) is 6.07 Å². The van der Waals surface area contributed by atoms with Gasteiger partial charge in [-0.3, -0.25) is 9.59 Å². The van der Waals surface area contributed by atoms with Crippen LogP contribution in [0.25, 0.3) is 0 Å². The SMILES string of the molecule is CCc1cc(NC(C)=O)cc(C=O)c1O. The van der Waals surface area contributed by atoms with Gasteiger partial charge in [-0.25, -0.2) is 0 Å². The van der Waals surface area contributed by atoms with Crippen molar-refractivity contribution in [3.63, 3.8) is 0 Å². The number of nitrogens with one attached hydrogen (secondary N) is 1. The lowest BCUT2D eigenvalue weighted by Gasteiger charge is -2.08.